The van der Waals surface area contributed by atoms with Crippen molar-refractivity contribution in [2.75, 3.05) is 6.61 Å². The number of hydrogen-bond acceptors (Lipinski definition) is 2. The predicted octanol–water partition coefficient (Wildman–Crippen LogP) is 5.62. The maximum Gasteiger partial charge on any atom is 0.0540 e. The Hall–Kier alpha value is -1.64. The molecule has 0 bridgehead atoms. The molecule has 148 valence electrons. The Kier molecular flexibility index (Phi) is 8.07. The van der Waals surface area contributed by atoms with Crippen LogP contribution in [0.2, 0.25) is 0 Å². The maximum absolute atomic E-state index is 10.4. The zero-order chi connectivity index (χ0) is 19.8. The van der Waals surface area contributed by atoms with Crippen LogP contribution >= 0.6 is 0 Å². The van der Waals surface area contributed by atoms with Gasteiger partial charge in [0.2, 0.25) is 0 Å². The molecular formula is C25H36O2. The zero-order valence-electron chi connectivity index (χ0n) is 17.2. The molecule has 2 nitrogen and oxygen atoms in total. The molecule has 0 fully saturated rings. The first-order valence-electron chi connectivity index (χ1n) is 10.3. The zero-order valence-corrected chi connectivity index (χ0v) is 17.2. The lowest BCUT2D eigenvalue weighted by atomic mass is 9.78. The molecule has 0 amide bonds. The van der Waals surface area contributed by atoms with Gasteiger partial charge in [-0.1, -0.05) is 87.9 Å². The summed E-state index contributed by atoms with van der Waals surface area (Å²) in [6, 6.07) is 20.8. The second-order valence-electron chi connectivity index (χ2n) is 8.77. The summed E-state index contributed by atoms with van der Waals surface area (Å²) < 4.78 is 0. The number of rotatable bonds is 11. The summed E-state index contributed by atoms with van der Waals surface area (Å²) in [6.45, 7) is 6.80. The Morgan fingerprint density at radius 3 is 1.74 bits per heavy atom. The lowest BCUT2D eigenvalue weighted by Crippen LogP contribution is -2.27. The van der Waals surface area contributed by atoms with Crippen LogP contribution in [0.3, 0.4) is 0 Å². The predicted molar refractivity (Wildman–Crippen MR) is 114 cm³/mol. The van der Waals surface area contributed by atoms with Gasteiger partial charge >= 0.3 is 0 Å². The van der Waals surface area contributed by atoms with Crippen molar-refractivity contribution >= 4 is 0 Å². The molecule has 0 aliphatic rings. The first kappa shape index (κ1) is 21.7. The molecule has 2 unspecified atom stereocenters. The van der Waals surface area contributed by atoms with Gasteiger partial charge in [-0.2, -0.15) is 0 Å². The van der Waals surface area contributed by atoms with E-state index in [2.05, 4.69) is 63.2 Å². The van der Waals surface area contributed by atoms with Gasteiger partial charge < -0.3 is 10.2 Å². The molecule has 2 rings (SSSR count). The summed E-state index contributed by atoms with van der Waals surface area (Å²) in [5.41, 5.74) is 2.45. The third kappa shape index (κ3) is 6.48. The van der Waals surface area contributed by atoms with Crippen LogP contribution in [0, 0.1) is 0 Å². The fourth-order valence-electron chi connectivity index (χ4n) is 3.84. The minimum Gasteiger partial charge on any atom is -0.395 e. The molecular weight excluding hydrogens is 332 g/mol. The van der Waals surface area contributed by atoms with E-state index < -0.39 is 0 Å². The van der Waals surface area contributed by atoms with Crippen LogP contribution in [0.1, 0.15) is 70.4 Å². The van der Waals surface area contributed by atoms with E-state index in [0.717, 1.165) is 38.5 Å². The number of benzene rings is 2. The number of aliphatic hydroxyl groups excluding tert-OH is 2. The summed E-state index contributed by atoms with van der Waals surface area (Å²) in [5.74, 6) is 0. The second kappa shape index (κ2) is 10.1. The second-order valence-corrected chi connectivity index (χ2v) is 8.77. The van der Waals surface area contributed by atoms with Crippen molar-refractivity contribution in [2.24, 2.45) is 0 Å². The maximum atomic E-state index is 10.4. The molecule has 0 saturated heterocycles. The lowest BCUT2D eigenvalue weighted by Gasteiger charge is -2.28. The average Bonchev–Trinajstić information content (AvgIpc) is 2.69. The Bertz CT molecular complexity index is 651. The fraction of sp³-hybridized carbons (Fsp3) is 0.520. The van der Waals surface area contributed by atoms with Crippen LogP contribution in [0.4, 0.5) is 0 Å². The van der Waals surface area contributed by atoms with E-state index in [1.807, 2.05) is 18.2 Å². The molecule has 2 aromatic carbocycles. The van der Waals surface area contributed by atoms with Crippen molar-refractivity contribution in [1.29, 1.82) is 0 Å². The van der Waals surface area contributed by atoms with Crippen molar-refractivity contribution < 1.29 is 10.2 Å². The summed E-state index contributed by atoms with van der Waals surface area (Å²) in [7, 11) is 0. The lowest BCUT2D eigenvalue weighted by molar-refractivity contribution is 0.135. The molecule has 2 N–H and O–H groups in total. The quantitative estimate of drug-likeness (QED) is 0.541. The van der Waals surface area contributed by atoms with Gasteiger partial charge in [0.05, 0.1) is 12.7 Å². The van der Waals surface area contributed by atoms with Gasteiger partial charge in [0.15, 0.2) is 0 Å². The van der Waals surface area contributed by atoms with Crippen molar-refractivity contribution in [3.05, 3.63) is 71.8 Å². The van der Waals surface area contributed by atoms with Gasteiger partial charge in [-0.3, -0.25) is 0 Å². The van der Waals surface area contributed by atoms with E-state index >= 15 is 0 Å². The smallest absolute Gasteiger partial charge is 0.0540 e. The van der Waals surface area contributed by atoms with Gasteiger partial charge in [0.25, 0.3) is 0 Å². The average molecular weight is 369 g/mol. The standard InChI is InChI=1S/C25H36O2/c1-24(2,21-12-6-4-7-13-21)18-10-16-23(27)17-11-19-25(3,20-26)22-14-8-5-9-15-22/h4-9,12-15,23,26-27H,10-11,16-20H2,1-3H3. The van der Waals surface area contributed by atoms with Gasteiger partial charge in [-0.05, 0) is 48.6 Å². The fourth-order valence-corrected chi connectivity index (χ4v) is 3.84. The highest BCUT2D eigenvalue weighted by Gasteiger charge is 2.25. The molecule has 2 heteroatoms. The van der Waals surface area contributed by atoms with E-state index in [-0.39, 0.29) is 23.5 Å². The molecule has 0 saturated carbocycles. The third-order valence-electron chi connectivity index (χ3n) is 5.98. The van der Waals surface area contributed by atoms with E-state index in [9.17, 15) is 10.2 Å². The van der Waals surface area contributed by atoms with Gasteiger partial charge in [0, 0.05) is 5.41 Å². The van der Waals surface area contributed by atoms with Crippen LogP contribution in [0.15, 0.2) is 60.7 Å². The van der Waals surface area contributed by atoms with Gasteiger partial charge in [-0.15, -0.1) is 0 Å². The Balaban J connectivity index is 1.74. The van der Waals surface area contributed by atoms with Crippen LogP contribution in [0.5, 0.6) is 0 Å². The van der Waals surface area contributed by atoms with Crippen molar-refractivity contribution in [1.82, 2.24) is 0 Å². The summed E-state index contributed by atoms with van der Waals surface area (Å²) >= 11 is 0. The third-order valence-corrected chi connectivity index (χ3v) is 5.98. The van der Waals surface area contributed by atoms with Crippen molar-refractivity contribution in [3.8, 4) is 0 Å². The number of aliphatic hydroxyl groups is 2. The van der Waals surface area contributed by atoms with Crippen LogP contribution in [0.25, 0.3) is 0 Å². The minimum absolute atomic E-state index is 0.137. The molecule has 0 spiro atoms. The van der Waals surface area contributed by atoms with E-state index in [4.69, 9.17) is 0 Å². The normalized spacial score (nSPS) is 15.3. The molecule has 0 heterocycles. The van der Waals surface area contributed by atoms with E-state index in [1.54, 1.807) is 0 Å². The highest BCUT2D eigenvalue weighted by atomic mass is 16.3. The summed E-state index contributed by atoms with van der Waals surface area (Å²) in [4.78, 5) is 0. The molecule has 0 radical (unpaired) electrons. The molecule has 0 aliphatic heterocycles. The topological polar surface area (TPSA) is 40.5 Å². The Morgan fingerprint density at radius 1 is 0.741 bits per heavy atom. The van der Waals surface area contributed by atoms with E-state index in [1.165, 1.54) is 11.1 Å². The van der Waals surface area contributed by atoms with Gasteiger partial charge in [-0.25, -0.2) is 0 Å². The van der Waals surface area contributed by atoms with Crippen LogP contribution in [-0.4, -0.2) is 22.9 Å². The Morgan fingerprint density at radius 2 is 1.22 bits per heavy atom. The highest BCUT2D eigenvalue weighted by molar-refractivity contribution is 5.24. The molecule has 0 aromatic heterocycles. The summed E-state index contributed by atoms with van der Waals surface area (Å²) in [6.07, 6.45) is 5.31. The largest absolute Gasteiger partial charge is 0.395 e. The molecule has 0 aliphatic carbocycles. The minimum atomic E-state index is -0.254. The molecule has 27 heavy (non-hydrogen) atoms. The van der Waals surface area contributed by atoms with Crippen molar-refractivity contribution in [2.45, 2.75) is 76.2 Å². The van der Waals surface area contributed by atoms with Gasteiger partial charge in [0.1, 0.15) is 0 Å². The summed E-state index contributed by atoms with van der Waals surface area (Å²) in [5, 5.41) is 20.3. The first-order chi connectivity index (χ1) is 12.9. The Labute approximate surface area is 165 Å². The van der Waals surface area contributed by atoms with E-state index in [0.29, 0.717) is 0 Å². The first-order valence-corrected chi connectivity index (χ1v) is 10.3. The molecule has 2 aromatic rings. The van der Waals surface area contributed by atoms with Crippen molar-refractivity contribution in [3.63, 3.8) is 0 Å². The number of hydrogen-bond donors (Lipinski definition) is 2. The van der Waals surface area contributed by atoms with Crippen LogP contribution in [-0.2, 0) is 10.8 Å². The SMILES string of the molecule is CC(C)(CCCC(O)CCCC(C)(CO)c1ccccc1)c1ccccc1. The molecule has 2 atom stereocenters. The monoisotopic (exact) mass is 368 g/mol. The highest BCUT2D eigenvalue weighted by Crippen LogP contribution is 2.31. The van der Waals surface area contributed by atoms with Crippen LogP contribution < -0.4 is 0 Å².